The molecular weight excluding hydrogens is 250 g/mol. The fourth-order valence-corrected chi connectivity index (χ4v) is 3.73. The summed E-state index contributed by atoms with van der Waals surface area (Å²) in [4.78, 5) is 14.9. The van der Waals surface area contributed by atoms with E-state index < -0.39 is 0 Å². The highest BCUT2D eigenvalue weighted by Gasteiger charge is 2.30. The Bertz CT molecular complexity index is 321. The molecule has 0 aromatic carbocycles. The lowest BCUT2D eigenvalue weighted by Crippen LogP contribution is -2.49. The van der Waals surface area contributed by atoms with Gasteiger partial charge in [-0.1, -0.05) is 20.3 Å². The molecule has 4 atom stereocenters. The van der Waals surface area contributed by atoms with E-state index in [4.69, 9.17) is 5.73 Å². The average Bonchev–Trinajstić information content (AvgIpc) is 2.46. The van der Waals surface area contributed by atoms with Crippen molar-refractivity contribution in [2.24, 2.45) is 17.6 Å². The topological polar surface area (TPSA) is 58.4 Å². The van der Waals surface area contributed by atoms with Gasteiger partial charge in [0.25, 0.3) is 0 Å². The van der Waals surface area contributed by atoms with E-state index in [1.54, 1.807) is 0 Å². The standard InChI is InChI=1S/C16H31N3O/c1-3-19-9-5-8-15(11-19)18-16(20)12(2)13-6-4-7-14(17)10-13/h12-15H,3-11,17H2,1-2H3,(H,18,20). The van der Waals surface area contributed by atoms with Crippen LogP contribution in [0.5, 0.6) is 0 Å². The molecule has 4 heteroatoms. The molecule has 0 radical (unpaired) electrons. The van der Waals surface area contributed by atoms with Crippen LogP contribution in [0.4, 0.5) is 0 Å². The molecule has 20 heavy (non-hydrogen) atoms. The highest BCUT2D eigenvalue weighted by molar-refractivity contribution is 5.79. The lowest BCUT2D eigenvalue weighted by Gasteiger charge is -2.35. The van der Waals surface area contributed by atoms with Gasteiger partial charge in [-0.15, -0.1) is 0 Å². The van der Waals surface area contributed by atoms with Crippen LogP contribution in [0.15, 0.2) is 0 Å². The molecule has 3 N–H and O–H groups in total. The van der Waals surface area contributed by atoms with Crippen molar-refractivity contribution in [3.63, 3.8) is 0 Å². The third-order valence-corrected chi connectivity index (χ3v) is 5.18. The number of nitrogens with zero attached hydrogens (tertiary/aromatic N) is 1. The molecule has 0 bridgehead atoms. The number of carbonyl (C=O) groups excluding carboxylic acids is 1. The molecule has 4 nitrogen and oxygen atoms in total. The van der Waals surface area contributed by atoms with E-state index in [9.17, 15) is 4.79 Å². The van der Waals surface area contributed by atoms with Gasteiger partial charge in [0.2, 0.25) is 5.91 Å². The van der Waals surface area contributed by atoms with Gasteiger partial charge in [-0.25, -0.2) is 0 Å². The number of amides is 1. The molecule has 2 fully saturated rings. The number of likely N-dealkylation sites (N-methyl/N-ethyl adjacent to an activating group) is 1. The second-order valence-electron chi connectivity index (χ2n) is 6.72. The molecule has 2 aliphatic rings. The first-order chi connectivity index (χ1) is 9.60. The van der Waals surface area contributed by atoms with E-state index >= 15 is 0 Å². The minimum atomic E-state index is 0.110. The molecule has 1 heterocycles. The van der Waals surface area contributed by atoms with Gasteiger partial charge in [-0.3, -0.25) is 4.79 Å². The Morgan fingerprint density at radius 2 is 2.15 bits per heavy atom. The number of piperidine rings is 1. The number of nitrogens with one attached hydrogen (secondary N) is 1. The van der Waals surface area contributed by atoms with Crippen LogP contribution in [0, 0.1) is 11.8 Å². The molecular formula is C16H31N3O. The first-order valence-electron chi connectivity index (χ1n) is 8.38. The second-order valence-corrected chi connectivity index (χ2v) is 6.72. The molecule has 1 aliphatic heterocycles. The lowest BCUT2D eigenvalue weighted by molar-refractivity contribution is -0.127. The first-order valence-corrected chi connectivity index (χ1v) is 8.38. The predicted octanol–water partition coefficient (Wildman–Crippen LogP) is 1.74. The highest BCUT2D eigenvalue weighted by Crippen LogP contribution is 2.29. The van der Waals surface area contributed by atoms with Gasteiger partial charge in [-0.2, -0.15) is 0 Å². The van der Waals surface area contributed by atoms with Gasteiger partial charge in [0.15, 0.2) is 0 Å². The Morgan fingerprint density at radius 1 is 1.35 bits per heavy atom. The average molecular weight is 281 g/mol. The van der Waals surface area contributed by atoms with Crippen LogP contribution >= 0.6 is 0 Å². The maximum atomic E-state index is 12.4. The van der Waals surface area contributed by atoms with E-state index in [1.165, 1.54) is 19.4 Å². The Hall–Kier alpha value is -0.610. The summed E-state index contributed by atoms with van der Waals surface area (Å²) in [5.41, 5.74) is 6.05. The lowest BCUT2D eigenvalue weighted by atomic mass is 9.78. The minimum absolute atomic E-state index is 0.110. The summed E-state index contributed by atoms with van der Waals surface area (Å²) in [7, 11) is 0. The molecule has 0 aromatic rings. The zero-order valence-corrected chi connectivity index (χ0v) is 13.1. The molecule has 1 saturated carbocycles. The summed E-state index contributed by atoms with van der Waals surface area (Å²) in [6.45, 7) is 7.54. The molecule has 0 aromatic heterocycles. The first kappa shape index (κ1) is 15.8. The molecule has 1 amide bonds. The van der Waals surface area contributed by atoms with Crippen LogP contribution < -0.4 is 11.1 Å². The van der Waals surface area contributed by atoms with Gasteiger partial charge in [0, 0.05) is 24.5 Å². The smallest absolute Gasteiger partial charge is 0.223 e. The highest BCUT2D eigenvalue weighted by atomic mass is 16.1. The molecule has 1 saturated heterocycles. The Labute approximate surface area is 123 Å². The van der Waals surface area contributed by atoms with Crippen molar-refractivity contribution in [1.29, 1.82) is 0 Å². The van der Waals surface area contributed by atoms with Crippen LogP contribution in [-0.4, -0.2) is 42.5 Å². The predicted molar refractivity (Wildman–Crippen MR) is 82.4 cm³/mol. The van der Waals surface area contributed by atoms with Crippen LogP contribution in [0.25, 0.3) is 0 Å². The van der Waals surface area contributed by atoms with Gasteiger partial charge >= 0.3 is 0 Å². The number of nitrogens with two attached hydrogens (primary N) is 1. The fraction of sp³-hybridized carbons (Fsp3) is 0.938. The summed E-state index contributed by atoms with van der Waals surface area (Å²) in [6.07, 6.45) is 6.80. The van der Waals surface area contributed by atoms with Crippen LogP contribution in [-0.2, 0) is 4.79 Å². The van der Waals surface area contributed by atoms with Gasteiger partial charge in [0.1, 0.15) is 0 Å². The van der Waals surface area contributed by atoms with E-state index in [2.05, 4.69) is 24.1 Å². The SMILES string of the molecule is CCN1CCCC(NC(=O)C(C)C2CCCC(N)C2)C1. The number of hydrogen-bond acceptors (Lipinski definition) is 3. The maximum absolute atomic E-state index is 12.4. The van der Waals surface area contributed by atoms with Gasteiger partial charge in [-0.05, 0) is 51.1 Å². The summed E-state index contributed by atoms with van der Waals surface area (Å²) < 4.78 is 0. The van der Waals surface area contributed by atoms with Gasteiger partial charge < -0.3 is 16.0 Å². The third-order valence-electron chi connectivity index (χ3n) is 5.18. The van der Waals surface area contributed by atoms with E-state index in [0.717, 1.165) is 38.8 Å². The van der Waals surface area contributed by atoms with E-state index in [1.807, 2.05) is 0 Å². The summed E-state index contributed by atoms with van der Waals surface area (Å²) in [5, 5.41) is 3.27. The number of likely N-dealkylation sites (tertiary alicyclic amines) is 1. The molecule has 116 valence electrons. The number of rotatable bonds is 4. The quantitative estimate of drug-likeness (QED) is 0.825. The Kier molecular flexibility index (Phi) is 5.85. The van der Waals surface area contributed by atoms with Crippen molar-refractivity contribution in [1.82, 2.24) is 10.2 Å². The van der Waals surface area contributed by atoms with Crippen molar-refractivity contribution in [3.05, 3.63) is 0 Å². The molecule has 0 spiro atoms. The number of carbonyl (C=O) groups is 1. The largest absolute Gasteiger partial charge is 0.352 e. The summed E-state index contributed by atoms with van der Waals surface area (Å²) >= 11 is 0. The molecule has 1 aliphatic carbocycles. The Balaban J connectivity index is 1.81. The van der Waals surface area contributed by atoms with Crippen molar-refractivity contribution >= 4 is 5.91 Å². The monoisotopic (exact) mass is 281 g/mol. The zero-order chi connectivity index (χ0) is 14.5. The van der Waals surface area contributed by atoms with Crippen LogP contribution in [0.2, 0.25) is 0 Å². The minimum Gasteiger partial charge on any atom is -0.352 e. The fourth-order valence-electron chi connectivity index (χ4n) is 3.73. The van der Waals surface area contributed by atoms with Crippen molar-refractivity contribution in [2.75, 3.05) is 19.6 Å². The van der Waals surface area contributed by atoms with Crippen molar-refractivity contribution in [3.8, 4) is 0 Å². The van der Waals surface area contributed by atoms with Crippen molar-refractivity contribution < 1.29 is 4.79 Å². The zero-order valence-electron chi connectivity index (χ0n) is 13.1. The maximum Gasteiger partial charge on any atom is 0.223 e. The van der Waals surface area contributed by atoms with Crippen LogP contribution in [0.3, 0.4) is 0 Å². The number of hydrogen-bond donors (Lipinski definition) is 2. The van der Waals surface area contributed by atoms with E-state index in [0.29, 0.717) is 18.0 Å². The molecule has 4 unspecified atom stereocenters. The second kappa shape index (κ2) is 7.41. The normalized spacial score (nSPS) is 33.6. The Morgan fingerprint density at radius 3 is 2.85 bits per heavy atom. The van der Waals surface area contributed by atoms with Gasteiger partial charge in [0.05, 0.1) is 0 Å². The molecule has 2 rings (SSSR count). The van der Waals surface area contributed by atoms with Crippen LogP contribution in [0.1, 0.15) is 52.4 Å². The summed E-state index contributed by atoms with van der Waals surface area (Å²) in [5.74, 6) is 0.829. The summed E-state index contributed by atoms with van der Waals surface area (Å²) in [6, 6.07) is 0.644. The van der Waals surface area contributed by atoms with Crippen molar-refractivity contribution in [2.45, 2.75) is 64.5 Å². The third kappa shape index (κ3) is 4.19. The van der Waals surface area contributed by atoms with E-state index in [-0.39, 0.29) is 11.8 Å².